The van der Waals surface area contributed by atoms with Crippen molar-refractivity contribution in [2.75, 3.05) is 10.6 Å². The number of hydrogen-bond acceptors (Lipinski definition) is 2. The van der Waals surface area contributed by atoms with Crippen LogP contribution in [0.25, 0.3) is 5.69 Å². The van der Waals surface area contributed by atoms with Crippen LogP contribution in [-0.4, -0.2) is 15.6 Å². The van der Waals surface area contributed by atoms with Gasteiger partial charge < -0.3 is 15.2 Å². The van der Waals surface area contributed by atoms with Gasteiger partial charge in [0.2, 0.25) is 0 Å². The van der Waals surface area contributed by atoms with Crippen molar-refractivity contribution in [3.63, 3.8) is 0 Å². The minimum absolute atomic E-state index is 0.307. The average molecular weight is 327 g/mol. The van der Waals surface area contributed by atoms with Crippen LogP contribution in [-0.2, 0) is 0 Å². The van der Waals surface area contributed by atoms with Crippen molar-refractivity contribution in [1.82, 2.24) is 9.55 Å². The zero-order valence-electron chi connectivity index (χ0n) is 12.5. The van der Waals surface area contributed by atoms with Gasteiger partial charge >= 0.3 is 6.03 Å². The molecule has 0 aliphatic rings. The summed E-state index contributed by atoms with van der Waals surface area (Å²) in [6.45, 7) is 1.94. The van der Waals surface area contributed by atoms with E-state index in [0.29, 0.717) is 16.4 Å². The number of urea groups is 1. The summed E-state index contributed by atoms with van der Waals surface area (Å²) in [7, 11) is 0. The molecule has 116 valence electrons. The Labute approximate surface area is 138 Å². The lowest BCUT2D eigenvalue weighted by Crippen LogP contribution is -2.19. The third-order valence-electron chi connectivity index (χ3n) is 3.33. The number of aromatic nitrogens is 2. The highest BCUT2D eigenvalue weighted by Gasteiger charge is 2.04. The van der Waals surface area contributed by atoms with E-state index in [1.807, 2.05) is 42.0 Å². The quantitative estimate of drug-likeness (QED) is 0.745. The minimum atomic E-state index is -0.307. The number of aryl methyl sites for hydroxylation is 1. The number of carbonyl (C=O) groups is 1. The first kappa shape index (κ1) is 15.1. The molecule has 0 spiro atoms. The minimum Gasteiger partial charge on any atom is -0.308 e. The molecule has 0 saturated carbocycles. The third-order valence-corrected chi connectivity index (χ3v) is 3.58. The van der Waals surface area contributed by atoms with E-state index in [4.69, 9.17) is 11.6 Å². The maximum Gasteiger partial charge on any atom is 0.323 e. The summed E-state index contributed by atoms with van der Waals surface area (Å²) in [5, 5.41) is 6.16. The molecule has 3 rings (SSSR count). The van der Waals surface area contributed by atoms with Crippen molar-refractivity contribution >= 4 is 29.0 Å². The monoisotopic (exact) mass is 326 g/mol. The summed E-state index contributed by atoms with van der Waals surface area (Å²) in [6.07, 6.45) is 3.64. The van der Waals surface area contributed by atoms with Gasteiger partial charge in [0.15, 0.2) is 0 Å². The van der Waals surface area contributed by atoms with Gasteiger partial charge in [-0.2, -0.15) is 0 Å². The lowest BCUT2D eigenvalue weighted by atomic mass is 10.2. The molecule has 0 unspecified atom stereocenters. The topological polar surface area (TPSA) is 59.0 Å². The molecule has 1 heterocycles. The number of benzene rings is 2. The molecule has 1 aromatic heterocycles. The van der Waals surface area contributed by atoms with Crippen molar-refractivity contribution in [2.45, 2.75) is 6.92 Å². The van der Waals surface area contributed by atoms with Crippen molar-refractivity contribution in [1.29, 1.82) is 0 Å². The fourth-order valence-corrected chi connectivity index (χ4v) is 2.31. The molecule has 0 atom stereocenters. The fourth-order valence-electron chi connectivity index (χ4n) is 2.18. The zero-order chi connectivity index (χ0) is 16.2. The molecule has 2 amide bonds. The Kier molecular flexibility index (Phi) is 4.30. The van der Waals surface area contributed by atoms with E-state index in [9.17, 15) is 4.79 Å². The first-order valence-corrected chi connectivity index (χ1v) is 7.43. The summed E-state index contributed by atoms with van der Waals surface area (Å²) < 4.78 is 1.97. The second kappa shape index (κ2) is 6.54. The molecule has 0 aliphatic carbocycles. The first-order valence-electron chi connectivity index (χ1n) is 7.06. The van der Waals surface area contributed by atoms with Gasteiger partial charge in [-0.3, -0.25) is 0 Å². The van der Waals surface area contributed by atoms with E-state index in [0.717, 1.165) is 11.5 Å². The highest BCUT2D eigenvalue weighted by Crippen LogP contribution is 2.16. The molecule has 2 aromatic carbocycles. The van der Waals surface area contributed by atoms with Gasteiger partial charge in [0.25, 0.3) is 0 Å². The van der Waals surface area contributed by atoms with Gasteiger partial charge in [0.1, 0.15) is 5.82 Å². The third kappa shape index (κ3) is 3.70. The summed E-state index contributed by atoms with van der Waals surface area (Å²) >= 11 is 5.81. The Hall–Kier alpha value is -2.79. The van der Waals surface area contributed by atoms with Crippen LogP contribution in [0.5, 0.6) is 0 Å². The number of imidazole rings is 1. The number of nitrogens with one attached hydrogen (secondary N) is 2. The largest absolute Gasteiger partial charge is 0.323 e. The van der Waals surface area contributed by atoms with E-state index >= 15 is 0 Å². The van der Waals surface area contributed by atoms with Crippen LogP contribution in [0.3, 0.4) is 0 Å². The van der Waals surface area contributed by atoms with E-state index in [1.54, 1.807) is 30.5 Å². The molecule has 0 aliphatic heterocycles. The predicted octanol–water partition coefficient (Wildman–Crippen LogP) is 4.48. The van der Waals surface area contributed by atoms with Crippen LogP contribution in [0.1, 0.15) is 5.82 Å². The van der Waals surface area contributed by atoms with Crippen LogP contribution in [0, 0.1) is 6.92 Å². The molecule has 3 aromatic rings. The molecule has 5 nitrogen and oxygen atoms in total. The van der Waals surface area contributed by atoms with E-state index in [-0.39, 0.29) is 6.03 Å². The number of halogens is 1. The Bertz CT molecular complexity index is 809. The molecule has 0 radical (unpaired) electrons. The molecular formula is C17H15ClN4O. The standard InChI is InChI=1S/C17H15ClN4O/c1-12-19-10-11-22(12)16-8-6-15(7-9-16)21-17(23)20-14-4-2-13(18)3-5-14/h2-11H,1H3,(H2,20,21,23). The molecule has 0 saturated heterocycles. The smallest absolute Gasteiger partial charge is 0.308 e. The second-order valence-corrected chi connectivity index (χ2v) is 5.41. The second-order valence-electron chi connectivity index (χ2n) is 4.98. The lowest BCUT2D eigenvalue weighted by Gasteiger charge is -2.09. The Balaban J connectivity index is 1.65. The van der Waals surface area contributed by atoms with E-state index in [2.05, 4.69) is 15.6 Å². The Morgan fingerprint density at radius 3 is 2.09 bits per heavy atom. The maximum atomic E-state index is 12.0. The molecule has 0 bridgehead atoms. The van der Waals surface area contributed by atoms with Gasteiger partial charge in [-0.05, 0) is 55.5 Å². The SMILES string of the molecule is Cc1nccn1-c1ccc(NC(=O)Nc2ccc(Cl)cc2)cc1. The number of anilines is 2. The van der Waals surface area contributed by atoms with Crippen LogP contribution in [0.15, 0.2) is 60.9 Å². The van der Waals surface area contributed by atoms with Crippen LogP contribution in [0.2, 0.25) is 5.02 Å². The number of nitrogens with zero attached hydrogens (tertiary/aromatic N) is 2. The van der Waals surface area contributed by atoms with Crippen molar-refractivity contribution in [3.8, 4) is 5.69 Å². The fraction of sp³-hybridized carbons (Fsp3) is 0.0588. The number of rotatable bonds is 3. The summed E-state index contributed by atoms with van der Waals surface area (Å²) in [5.41, 5.74) is 2.37. The zero-order valence-corrected chi connectivity index (χ0v) is 13.2. The molecule has 0 fully saturated rings. The number of carbonyl (C=O) groups excluding carboxylic acids is 1. The van der Waals surface area contributed by atoms with Crippen molar-refractivity contribution in [3.05, 3.63) is 71.8 Å². The van der Waals surface area contributed by atoms with Gasteiger partial charge in [0.05, 0.1) is 0 Å². The van der Waals surface area contributed by atoms with Crippen LogP contribution in [0.4, 0.5) is 16.2 Å². The molecule has 23 heavy (non-hydrogen) atoms. The molecule has 2 N–H and O–H groups in total. The predicted molar refractivity (Wildman–Crippen MR) is 92.4 cm³/mol. The first-order chi connectivity index (χ1) is 11.1. The van der Waals surface area contributed by atoms with Crippen LogP contribution >= 0.6 is 11.6 Å². The van der Waals surface area contributed by atoms with Crippen LogP contribution < -0.4 is 10.6 Å². The van der Waals surface area contributed by atoms with Gasteiger partial charge in [-0.15, -0.1) is 0 Å². The lowest BCUT2D eigenvalue weighted by molar-refractivity contribution is 0.262. The number of amides is 2. The Morgan fingerprint density at radius 2 is 1.57 bits per heavy atom. The maximum absolute atomic E-state index is 12.0. The van der Waals surface area contributed by atoms with Gasteiger partial charge in [0, 0.05) is 34.5 Å². The highest BCUT2D eigenvalue weighted by molar-refractivity contribution is 6.30. The molecule has 6 heteroatoms. The number of hydrogen-bond donors (Lipinski definition) is 2. The highest BCUT2D eigenvalue weighted by atomic mass is 35.5. The van der Waals surface area contributed by atoms with E-state index in [1.165, 1.54) is 0 Å². The van der Waals surface area contributed by atoms with E-state index < -0.39 is 0 Å². The average Bonchev–Trinajstić information content (AvgIpc) is 2.96. The van der Waals surface area contributed by atoms with Crippen molar-refractivity contribution in [2.24, 2.45) is 0 Å². The Morgan fingerprint density at radius 1 is 1.00 bits per heavy atom. The van der Waals surface area contributed by atoms with Crippen molar-refractivity contribution < 1.29 is 4.79 Å². The summed E-state index contributed by atoms with van der Waals surface area (Å²) in [4.78, 5) is 16.2. The summed E-state index contributed by atoms with van der Waals surface area (Å²) in [5.74, 6) is 0.909. The van der Waals surface area contributed by atoms with Gasteiger partial charge in [-0.1, -0.05) is 11.6 Å². The molecular weight excluding hydrogens is 312 g/mol. The van der Waals surface area contributed by atoms with Gasteiger partial charge in [-0.25, -0.2) is 9.78 Å². The summed E-state index contributed by atoms with van der Waals surface area (Å²) in [6, 6.07) is 14.2. The normalized spacial score (nSPS) is 10.3.